The lowest BCUT2D eigenvalue weighted by molar-refractivity contribution is 0.860. The maximum atomic E-state index is 3.22. The smallest absolute Gasteiger partial charge is 0.0148 e. The molecule has 0 radical (unpaired) electrons. The Bertz CT molecular complexity index is 221. The first-order valence-electron chi connectivity index (χ1n) is 3.77. The topological polar surface area (TPSA) is 15.8 Å². The van der Waals surface area contributed by atoms with Gasteiger partial charge in [-0.2, -0.15) is 0 Å². The summed E-state index contributed by atoms with van der Waals surface area (Å²) in [5.74, 6) is 0.643. The van der Waals surface area contributed by atoms with Crippen LogP contribution in [0.1, 0.15) is 36.6 Å². The molecule has 1 nitrogen and oxygen atoms in total. The number of rotatable bonds is 1. The predicted octanol–water partition coefficient (Wildman–Crippen LogP) is 2.75. The highest BCUT2D eigenvalue weighted by atomic mass is 14.7. The summed E-state index contributed by atoms with van der Waals surface area (Å²) in [5.41, 5.74) is 4.15. The van der Waals surface area contributed by atoms with Crippen molar-refractivity contribution in [1.82, 2.24) is 4.98 Å². The monoisotopic (exact) mass is 137 g/mol. The molecule has 0 aromatic carbocycles. The predicted molar refractivity (Wildman–Crippen MR) is 44.4 cm³/mol. The molecule has 1 N–H and O–H groups in total. The van der Waals surface area contributed by atoms with Crippen molar-refractivity contribution in [3.8, 4) is 0 Å². The van der Waals surface area contributed by atoms with Crippen molar-refractivity contribution in [2.75, 3.05) is 0 Å². The molecule has 0 aliphatic rings. The lowest BCUT2D eigenvalue weighted by Crippen LogP contribution is -1.86. The number of hydrogen-bond acceptors (Lipinski definition) is 0. The Hall–Kier alpha value is -0.720. The first-order valence-corrected chi connectivity index (χ1v) is 3.77. The summed E-state index contributed by atoms with van der Waals surface area (Å²) in [6.45, 7) is 8.72. The van der Waals surface area contributed by atoms with Gasteiger partial charge in [0.1, 0.15) is 0 Å². The molecule has 0 aliphatic heterocycles. The maximum absolute atomic E-state index is 3.22. The molecular weight excluding hydrogens is 122 g/mol. The molecule has 0 fully saturated rings. The fourth-order valence-electron chi connectivity index (χ4n) is 1.22. The Balaban J connectivity index is 3.05. The highest BCUT2D eigenvalue weighted by Crippen LogP contribution is 2.20. The molecule has 0 unspecified atom stereocenters. The summed E-state index contributed by atoms with van der Waals surface area (Å²) in [6.07, 6.45) is 2.11. The summed E-state index contributed by atoms with van der Waals surface area (Å²) in [4.78, 5) is 3.22. The van der Waals surface area contributed by atoms with E-state index in [1.165, 1.54) is 16.8 Å². The minimum atomic E-state index is 0.643. The molecule has 0 saturated heterocycles. The molecule has 0 bridgehead atoms. The van der Waals surface area contributed by atoms with Gasteiger partial charge in [-0.05, 0) is 30.9 Å². The third-order valence-corrected chi connectivity index (χ3v) is 2.06. The molecule has 0 saturated carbocycles. The van der Waals surface area contributed by atoms with Crippen LogP contribution in [0.15, 0.2) is 6.20 Å². The summed E-state index contributed by atoms with van der Waals surface area (Å²) in [6, 6.07) is 0. The Labute approximate surface area is 62.5 Å². The van der Waals surface area contributed by atoms with Gasteiger partial charge in [0, 0.05) is 11.9 Å². The Morgan fingerprint density at radius 2 is 1.90 bits per heavy atom. The van der Waals surface area contributed by atoms with Crippen LogP contribution in [0.4, 0.5) is 0 Å². The Morgan fingerprint density at radius 3 is 2.10 bits per heavy atom. The first kappa shape index (κ1) is 7.39. The molecule has 1 aromatic heterocycles. The number of H-pyrrole nitrogens is 1. The van der Waals surface area contributed by atoms with E-state index in [0.717, 1.165) is 0 Å². The quantitative estimate of drug-likeness (QED) is 0.612. The summed E-state index contributed by atoms with van der Waals surface area (Å²) >= 11 is 0. The zero-order valence-electron chi connectivity index (χ0n) is 7.15. The van der Waals surface area contributed by atoms with E-state index in [0.29, 0.717) is 5.92 Å². The molecule has 10 heavy (non-hydrogen) atoms. The Morgan fingerprint density at radius 1 is 1.30 bits per heavy atom. The maximum Gasteiger partial charge on any atom is 0.0148 e. The van der Waals surface area contributed by atoms with Crippen molar-refractivity contribution in [2.45, 2.75) is 33.6 Å². The van der Waals surface area contributed by atoms with Crippen molar-refractivity contribution in [3.05, 3.63) is 23.0 Å². The molecule has 56 valence electrons. The van der Waals surface area contributed by atoms with Crippen LogP contribution in [-0.4, -0.2) is 4.98 Å². The first-order chi connectivity index (χ1) is 4.63. The van der Waals surface area contributed by atoms with Crippen LogP contribution in [0.2, 0.25) is 0 Å². The van der Waals surface area contributed by atoms with Gasteiger partial charge in [-0.1, -0.05) is 13.8 Å². The lowest BCUT2D eigenvalue weighted by atomic mass is 10.0. The summed E-state index contributed by atoms with van der Waals surface area (Å²) < 4.78 is 0. The van der Waals surface area contributed by atoms with Crippen molar-refractivity contribution in [2.24, 2.45) is 0 Å². The van der Waals surface area contributed by atoms with Crippen molar-refractivity contribution >= 4 is 0 Å². The fraction of sp³-hybridized carbons (Fsp3) is 0.556. The van der Waals surface area contributed by atoms with Gasteiger partial charge < -0.3 is 4.98 Å². The molecule has 0 aliphatic carbocycles. The van der Waals surface area contributed by atoms with Gasteiger partial charge in [-0.15, -0.1) is 0 Å². The second-order valence-electron chi connectivity index (χ2n) is 3.15. The van der Waals surface area contributed by atoms with E-state index in [2.05, 4.69) is 38.9 Å². The normalized spacial score (nSPS) is 10.9. The van der Waals surface area contributed by atoms with E-state index >= 15 is 0 Å². The fourth-order valence-corrected chi connectivity index (χ4v) is 1.22. The van der Waals surface area contributed by atoms with Gasteiger partial charge in [0.25, 0.3) is 0 Å². The van der Waals surface area contributed by atoms with Crippen LogP contribution in [-0.2, 0) is 0 Å². The zero-order valence-corrected chi connectivity index (χ0v) is 7.15. The highest BCUT2D eigenvalue weighted by Gasteiger charge is 2.05. The molecule has 1 rings (SSSR count). The van der Waals surface area contributed by atoms with Crippen LogP contribution >= 0.6 is 0 Å². The van der Waals surface area contributed by atoms with E-state index in [1.54, 1.807) is 0 Å². The van der Waals surface area contributed by atoms with Gasteiger partial charge in [0.15, 0.2) is 0 Å². The lowest BCUT2D eigenvalue weighted by Gasteiger charge is -2.02. The summed E-state index contributed by atoms with van der Waals surface area (Å²) in [5, 5.41) is 0. The minimum Gasteiger partial charge on any atom is -0.365 e. The second-order valence-corrected chi connectivity index (χ2v) is 3.15. The molecule has 1 heterocycles. The van der Waals surface area contributed by atoms with Crippen LogP contribution in [0.25, 0.3) is 0 Å². The van der Waals surface area contributed by atoms with Crippen LogP contribution in [0, 0.1) is 13.8 Å². The van der Waals surface area contributed by atoms with Crippen molar-refractivity contribution < 1.29 is 0 Å². The molecule has 0 amide bonds. The Kier molecular flexibility index (Phi) is 1.84. The average Bonchev–Trinajstić information content (AvgIpc) is 2.14. The van der Waals surface area contributed by atoms with Crippen LogP contribution in [0.3, 0.4) is 0 Å². The molecule has 0 spiro atoms. The molecular formula is C9H15N. The number of aromatic amines is 1. The van der Waals surface area contributed by atoms with E-state index in [-0.39, 0.29) is 0 Å². The van der Waals surface area contributed by atoms with E-state index in [1.807, 2.05) is 0 Å². The van der Waals surface area contributed by atoms with Gasteiger partial charge in [-0.3, -0.25) is 0 Å². The average molecular weight is 137 g/mol. The number of nitrogens with one attached hydrogen (secondary N) is 1. The summed E-state index contributed by atoms with van der Waals surface area (Å²) in [7, 11) is 0. The van der Waals surface area contributed by atoms with E-state index < -0.39 is 0 Å². The molecule has 0 atom stereocenters. The van der Waals surface area contributed by atoms with Gasteiger partial charge in [-0.25, -0.2) is 0 Å². The number of aryl methyl sites for hydroxylation is 1. The third-order valence-electron chi connectivity index (χ3n) is 2.06. The van der Waals surface area contributed by atoms with Gasteiger partial charge in [0.05, 0.1) is 0 Å². The van der Waals surface area contributed by atoms with Crippen molar-refractivity contribution in [1.29, 1.82) is 0 Å². The minimum absolute atomic E-state index is 0.643. The second kappa shape index (κ2) is 2.49. The highest BCUT2D eigenvalue weighted by molar-refractivity contribution is 5.30. The van der Waals surface area contributed by atoms with Crippen LogP contribution in [0.5, 0.6) is 0 Å². The zero-order chi connectivity index (χ0) is 7.72. The van der Waals surface area contributed by atoms with E-state index in [9.17, 15) is 0 Å². The number of hydrogen-bond donors (Lipinski definition) is 1. The van der Waals surface area contributed by atoms with Gasteiger partial charge in [0.2, 0.25) is 0 Å². The van der Waals surface area contributed by atoms with Crippen molar-refractivity contribution in [3.63, 3.8) is 0 Å². The molecule has 1 aromatic rings. The SMILES string of the molecule is Cc1[nH]cc(C(C)C)c1C. The van der Waals surface area contributed by atoms with E-state index in [4.69, 9.17) is 0 Å². The third kappa shape index (κ3) is 1.08. The van der Waals surface area contributed by atoms with Gasteiger partial charge >= 0.3 is 0 Å². The van der Waals surface area contributed by atoms with Crippen LogP contribution < -0.4 is 0 Å². The number of aromatic nitrogens is 1. The molecule has 1 heteroatoms. The largest absolute Gasteiger partial charge is 0.365 e. The standard InChI is InChI=1S/C9H15N/c1-6(2)9-5-10-8(4)7(9)3/h5-6,10H,1-4H3.